The summed E-state index contributed by atoms with van der Waals surface area (Å²) in [5, 5.41) is 2.75. The van der Waals surface area contributed by atoms with Crippen molar-refractivity contribution in [3.8, 4) is 5.75 Å². The van der Waals surface area contributed by atoms with E-state index in [0.717, 1.165) is 0 Å². The maximum atomic E-state index is 11.4. The summed E-state index contributed by atoms with van der Waals surface area (Å²) in [5.74, 6) is -0.293. The quantitative estimate of drug-likeness (QED) is 0.599. The molecule has 0 aromatic heterocycles. The first-order valence-electron chi connectivity index (χ1n) is 4.61. The molecule has 0 saturated heterocycles. The Bertz CT molecular complexity index is 392. The Hall–Kier alpha value is -1.95. The van der Waals surface area contributed by atoms with Gasteiger partial charge in [-0.1, -0.05) is 0 Å². The van der Waals surface area contributed by atoms with Crippen LogP contribution in [0, 0.1) is 4.91 Å². The SMILES string of the molecule is COC(=O)c1ccc(N=O)cc1OCCN. The van der Waals surface area contributed by atoms with Gasteiger partial charge in [0.1, 0.15) is 23.6 Å². The van der Waals surface area contributed by atoms with Crippen LogP contribution in [0.1, 0.15) is 10.4 Å². The first-order chi connectivity index (χ1) is 7.72. The van der Waals surface area contributed by atoms with Gasteiger partial charge in [-0.2, -0.15) is 0 Å². The van der Waals surface area contributed by atoms with Gasteiger partial charge in [0.2, 0.25) is 0 Å². The zero-order valence-corrected chi connectivity index (χ0v) is 8.80. The monoisotopic (exact) mass is 224 g/mol. The van der Waals surface area contributed by atoms with E-state index in [0.29, 0.717) is 6.54 Å². The normalized spacial score (nSPS) is 9.62. The van der Waals surface area contributed by atoms with Gasteiger partial charge < -0.3 is 15.2 Å². The molecule has 86 valence electrons. The number of carbonyl (C=O) groups excluding carboxylic acids is 1. The molecule has 6 heteroatoms. The van der Waals surface area contributed by atoms with Gasteiger partial charge >= 0.3 is 5.97 Å². The van der Waals surface area contributed by atoms with Crippen molar-refractivity contribution in [2.45, 2.75) is 0 Å². The van der Waals surface area contributed by atoms with Crippen LogP contribution in [0.5, 0.6) is 5.75 Å². The molecule has 0 fully saturated rings. The van der Waals surface area contributed by atoms with Crippen molar-refractivity contribution in [1.29, 1.82) is 0 Å². The zero-order valence-electron chi connectivity index (χ0n) is 8.80. The minimum absolute atomic E-state index is 0.180. The van der Waals surface area contributed by atoms with Crippen molar-refractivity contribution in [3.05, 3.63) is 28.7 Å². The number of nitrogens with zero attached hydrogens (tertiary/aromatic N) is 1. The van der Waals surface area contributed by atoms with E-state index < -0.39 is 5.97 Å². The minimum atomic E-state index is -0.538. The van der Waals surface area contributed by atoms with Crippen LogP contribution in [0.4, 0.5) is 5.69 Å². The fourth-order valence-electron chi connectivity index (χ4n) is 1.13. The summed E-state index contributed by atoms with van der Waals surface area (Å²) in [4.78, 5) is 21.7. The third kappa shape index (κ3) is 2.77. The van der Waals surface area contributed by atoms with Crippen molar-refractivity contribution in [3.63, 3.8) is 0 Å². The van der Waals surface area contributed by atoms with Gasteiger partial charge in [-0.15, -0.1) is 4.91 Å². The van der Waals surface area contributed by atoms with E-state index in [4.69, 9.17) is 10.5 Å². The molecule has 0 spiro atoms. The van der Waals surface area contributed by atoms with Crippen molar-refractivity contribution < 1.29 is 14.3 Å². The van der Waals surface area contributed by atoms with Crippen molar-refractivity contribution in [2.24, 2.45) is 10.9 Å². The predicted octanol–water partition coefficient (Wildman–Crippen LogP) is 1.21. The lowest BCUT2D eigenvalue weighted by Crippen LogP contribution is -2.13. The molecular weight excluding hydrogens is 212 g/mol. The van der Waals surface area contributed by atoms with Crippen molar-refractivity contribution in [2.75, 3.05) is 20.3 Å². The molecule has 0 amide bonds. The van der Waals surface area contributed by atoms with Gasteiger partial charge in [-0.05, 0) is 17.3 Å². The van der Waals surface area contributed by atoms with Gasteiger partial charge in [0, 0.05) is 12.6 Å². The molecular formula is C10H12N2O4. The second-order valence-electron chi connectivity index (χ2n) is 2.90. The maximum absolute atomic E-state index is 11.4. The molecule has 0 aliphatic carbocycles. The van der Waals surface area contributed by atoms with Crippen LogP contribution in [0.2, 0.25) is 0 Å². The highest BCUT2D eigenvalue weighted by atomic mass is 16.5. The summed E-state index contributed by atoms with van der Waals surface area (Å²) < 4.78 is 9.80. The largest absolute Gasteiger partial charge is 0.491 e. The van der Waals surface area contributed by atoms with Crippen LogP contribution < -0.4 is 10.5 Å². The van der Waals surface area contributed by atoms with E-state index in [1.165, 1.54) is 25.3 Å². The number of carbonyl (C=O) groups is 1. The Morgan fingerprint density at radius 2 is 2.25 bits per heavy atom. The van der Waals surface area contributed by atoms with Gasteiger partial charge in [0.25, 0.3) is 0 Å². The summed E-state index contributed by atoms with van der Waals surface area (Å²) in [7, 11) is 1.26. The first kappa shape index (κ1) is 12.1. The number of rotatable bonds is 5. The second kappa shape index (κ2) is 5.82. The summed E-state index contributed by atoms with van der Waals surface area (Å²) in [6.07, 6.45) is 0. The highest BCUT2D eigenvalue weighted by Crippen LogP contribution is 2.25. The van der Waals surface area contributed by atoms with Crippen LogP contribution in [0.15, 0.2) is 23.4 Å². The smallest absolute Gasteiger partial charge is 0.341 e. The Morgan fingerprint density at radius 1 is 1.50 bits per heavy atom. The molecule has 16 heavy (non-hydrogen) atoms. The standard InChI is InChI=1S/C10H12N2O4/c1-15-10(13)8-3-2-7(12-14)6-9(8)16-5-4-11/h2-3,6H,4-5,11H2,1H3. The van der Waals surface area contributed by atoms with Gasteiger partial charge in [-0.25, -0.2) is 4.79 Å². The van der Waals surface area contributed by atoms with Crippen LogP contribution in [0.25, 0.3) is 0 Å². The number of benzene rings is 1. The lowest BCUT2D eigenvalue weighted by Gasteiger charge is -2.09. The average molecular weight is 224 g/mol. The highest BCUT2D eigenvalue weighted by molar-refractivity contribution is 5.93. The van der Waals surface area contributed by atoms with Gasteiger partial charge in [0.05, 0.1) is 7.11 Å². The fourth-order valence-corrected chi connectivity index (χ4v) is 1.13. The number of ether oxygens (including phenoxy) is 2. The lowest BCUT2D eigenvalue weighted by molar-refractivity contribution is 0.0596. The third-order valence-electron chi connectivity index (χ3n) is 1.85. The summed E-state index contributed by atoms with van der Waals surface area (Å²) >= 11 is 0. The van der Waals surface area contributed by atoms with Crippen molar-refractivity contribution in [1.82, 2.24) is 0 Å². The molecule has 0 saturated carbocycles. The fraction of sp³-hybridized carbons (Fsp3) is 0.300. The van der Waals surface area contributed by atoms with E-state index in [1.54, 1.807) is 0 Å². The van der Waals surface area contributed by atoms with Crippen molar-refractivity contribution >= 4 is 11.7 Å². The Kier molecular flexibility index (Phi) is 4.41. The molecule has 1 aromatic rings. The zero-order chi connectivity index (χ0) is 12.0. The molecule has 1 aromatic carbocycles. The molecule has 6 nitrogen and oxygen atoms in total. The lowest BCUT2D eigenvalue weighted by atomic mass is 10.2. The second-order valence-corrected chi connectivity index (χ2v) is 2.90. The Morgan fingerprint density at radius 3 is 2.81 bits per heavy atom. The number of esters is 1. The first-order valence-corrected chi connectivity index (χ1v) is 4.61. The van der Waals surface area contributed by atoms with E-state index in [9.17, 15) is 9.70 Å². The van der Waals surface area contributed by atoms with E-state index in [2.05, 4.69) is 9.91 Å². The van der Waals surface area contributed by atoms with Crippen LogP contribution in [-0.4, -0.2) is 26.2 Å². The predicted molar refractivity (Wildman–Crippen MR) is 57.8 cm³/mol. The molecule has 1 rings (SSSR count). The van der Waals surface area contributed by atoms with Gasteiger partial charge in [-0.3, -0.25) is 0 Å². The Balaban J connectivity index is 3.05. The van der Waals surface area contributed by atoms with E-state index >= 15 is 0 Å². The number of hydrogen-bond acceptors (Lipinski definition) is 6. The summed E-state index contributed by atoms with van der Waals surface area (Å²) in [6.45, 7) is 0.547. The third-order valence-corrected chi connectivity index (χ3v) is 1.85. The topological polar surface area (TPSA) is 91.0 Å². The average Bonchev–Trinajstić information content (AvgIpc) is 2.34. The molecule has 0 unspecified atom stereocenters. The molecule has 0 atom stereocenters. The van der Waals surface area contributed by atoms with Crippen LogP contribution >= 0.6 is 0 Å². The Labute approximate surface area is 92.3 Å². The molecule has 0 radical (unpaired) electrons. The molecule has 0 aliphatic heterocycles. The van der Waals surface area contributed by atoms with E-state index in [1.807, 2.05) is 0 Å². The number of methoxy groups -OCH3 is 1. The summed E-state index contributed by atoms with van der Waals surface area (Å²) in [5.41, 5.74) is 5.70. The van der Waals surface area contributed by atoms with Crippen LogP contribution in [0.3, 0.4) is 0 Å². The minimum Gasteiger partial charge on any atom is -0.491 e. The molecule has 0 aliphatic rings. The summed E-state index contributed by atoms with van der Waals surface area (Å²) in [6, 6.07) is 4.21. The van der Waals surface area contributed by atoms with Crippen LogP contribution in [-0.2, 0) is 4.74 Å². The molecule has 2 N–H and O–H groups in total. The molecule has 0 heterocycles. The number of nitroso groups, excluding NO2 is 1. The number of nitrogens with two attached hydrogens (primary N) is 1. The maximum Gasteiger partial charge on any atom is 0.341 e. The number of hydrogen-bond donors (Lipinski definition) is 1. The highest BCUT2D eigenvalue weighted by Gasteiger charge is 2.13. The van der Waals surface area contributed by atoms with E-state index in [-0.39, 0.29) is 23.6 Å². The molecule has 0 bridgehead atoms. The van der Waals surface area contributed by atoms with Gasteiger partial charge in [0.15, 0.2) is 0 Å².